The normalized spacial score (nSPS) is 34.3. The van der Waals surface area contributed by atoms with E-state index in [9.17, 15) is 10.2 Å². The molecule has 0 amide bonds. The van der Waals surface area contributed by atoms with Crippen molar-refractivity contribution in [1.29, 1.82) is 0 Å². The Bertz CT molecular complexity index is 272. The Hall–Kier alpha value is -0.160. The van der Waals surface area contributed by atoms with Gasteiger partial charge in [-0.2, -0.15) is 0 Å². The summed E-state index contributed by atoms with van der Waals surface area (Å²) in [5, 5.41) is 20.1. The van der Waals surface area contributed by atoms with Crippen molar-refractivity contribution in [1.82, 2.24) is 4.90 Å². The maximum Gasteiger partial charge on any atom is 0.0900 e. The maximum absolute atomic E-state index is 10.1. The van der Waals surface area contributed by atoms with Gasteiger partial charge in [-0.15, -0.1) is 0 Å². The molecular weight excluding hydrogens is 242 g/mol. The number of rotatable bonds is 6. The van der Waals surface area contributed by atoms with Gasteiger partial charge in [0.2, 0.25) is 0 Å². The van der Waals surface area contributed by atoms with Gasteiger partial charge in [-0.1, -0.05) is 6.42 Å². The molecule has 4 nitrogen and oxygen atoms in total. The number of ether oxygens (including phenoxy) is 1. The molecule has 1 saturated heterocycles. The number of nitrogens with zero attached hydrogens (tertiary/aromatic N) is 1. The van der Waals surface area contributed by atoms with E-state index in [1.165, 1.54) is 12.8 Å². The predicted octanol–water partition coefficient (Wildman–Crippen LogP) is 1.40. The third-order valence-electron chi connectivity index (χ3n) is 4.51. The van der Waals surface area contributed by atoms with Crippen LogP contribution in [0.1, 0.15) is 46.0 Å². The Kier molecular flexibility index (Phi) is 5.63. The second-order valence-electron chi connectivity index (χ2n) is 6.40. The summed E-state index contributed by atoms with van der Waals surface area (Å²) in [7, 11) is 0. The van der Waals surface area contributed by atoms with Crippen LogP contribution >= 0.6 is 0 Å². The first-order valence-corrected chi connectivity index (χ1v) is 7.79. The quantitative estimate of drug-likeness (QED) is 0.767. The Morgan fingerprint density at radius 3 is 2.63 bits per heavy atom. The van der Waals surface area contributed by atoms with E-state index < -0.39 is 6.10 Å². The van der Waals surface area contributed by atoms with E-state index in [-0.39, 0.29) is 12.2 Å². The summed E-state index contributed by atoms with van der Waals surface area (Å²) >= 11 is 0. The number of β-amino-alcohol motifs (C(OH)–C–C–N with tert-alkyl or cyclic N) is 1. The van der Waals surface area contributed by atoms with Crippen LogP contribution in [0.15, 0.2) is 0 Å². The lowest BCUT2D eigenvalue weighted by atomic mass is 9.94. The number of hydrogen-bond donors (Lipinski definition) is 2. The molecule has 1 aliphatic carbocycles. The highest BCUT2D eigenvalue weighted by atomic mass is 16.5. The van der Waals surface area contributed by atoms with Crippen LogP contribution in [0.4, 0.5) is 0 Å². The van der Waals surface area contributed by atoms with Crippen molar-refractivity contribution in [2.75, 3.05) is 19.7 Å². The molecular formula is C15H29NO3. The second-order valence-corrected chi connectivity index (χ2v) is 6.40. The van der Waals surface area contributed by atoms with Crippen LogP contribution in [0, 0.1) is 5.92 Å². The molecule has 0 aromatic carbocycles. The zero-order valence-electron chi connectivity index (χ0n) is 12.3. The molecule has 1 heterocycles. The van der Waals surface area contributed by atoms with E-state index in [0.29, 0.717) is 25.1 Å². The molecule has 4 atom stereocenters. The third-order valence-corrected chi connectivity index (χ3v) is 4.51. The molecule has 1 aliphatic heterocycles. The second kappa shape index (κ2) is 7.02. The van der Waals surface area contributed by atoms with Crippen molar-refractivity contribution in [3.63, 3.8) is 0 Å². The average Bonchev–Trinajstić information content (AvgIpc) is 2.95. The molecule has 112 valence electrons. The van der Waals surface area contributed by atoms with Gasteiger partial charge in [0, 0.05) is 18.5 Å². The van der Waals surface area contributed by atoms with Gasteiger partial charge in [-0.05, 0) is 46.1 Å². The fourth-order valence-corrected chi connectivity index (χ4v) is 3.61. The lowest BCUT2D eigenvalue weighted by molar-refractivity contribution is -0.0175. The van der Waals surface area contributed by atoms with Crippen molar-refractivity contribution in [2.45, 2.75) is 70.3 Å². The summed E-state index contributed by atoms with van der Waals surface area (Å²) in [5.74, 6) is 0.417. The van der Waals surface area contributed by atoms with Gasteiger partial charge in [-0.25, -0.2) is 0 Å². The van der Waals surface area contributed by atoms with Gasteiger partial charge in [0.25, 0.3) is 0 Å². The van der Waals surface area contributed by atoms with Crippen molar-refractivity contribution in [3.05, 3.63) is 0 Å². The summed E-state index contributed by atoms with van der Waals surface area (Å²) in [6, 6.07) is 0.464. The molecule has 0 radical (unpaired) electrons. The Labute approximate surface area is 116 Å². The smallest absolute Gasteiger partial charge is 0.0900 e. The van der Waals surface area contributed by atoms with Gasteiger partial charge in [0.1, 0.15) is 0 Å². The molecule has 4 unspecified atom stereocenters. The Morgan fingerprint density at radius 1 is 1.21 bits per heavy atom. The van der Waals surface area contributed by atoms with Crippen LogP contribution in [-0.4, -0.2) is 59.2 Å². The SMILES string of the molecule is CC(C)OCC(O)CN1CCCC1C1CCCC1O. The summed E-state index contributed by atoms with van der Waals surface area (Å²) in [6.45, 7) is 6.11. The summed E-state index contributed by atoms with van der Waals surface area (Å²) in [4.78, 5) is 2.37. The molecule has 0 spiro atoms. The first kappa shape index (κ1) is 15.2. The minimum atomic E-state index is -0.415. The molecule has 4 heteroatoms. The molecule has 2 rings (SSSR count). The van der Waals surface area contributed by atoms with Gasteiger partial charge in [0.15, 0.2) is 0 Å². The van der Waals surface area contributed by atoms with E-state index in [4.69, 9.17) is 4.74 Å². The first-order chi connectivity index (χ1) is 9.08. The number of hydrogen-bond acceptors (Lipinski definition) is 4. The highest BCUT2D eigenvalue weighted by molar-refractivity contribution is 4.92. The van der Waals surface area contributed by atoms with Crippen molar-refractivity contribution < 1.29 is 14.9 Å². The first-order valence-electron chi connectivity index (χ1n) is 7.79. The van der Waals surface area contributed by atoms with Gasteiger partial charge in [-0.3, -0.25) is 4.90 Å². The summed E-state index contributed by atoms with van der Waals surface area (Å²) < 4.78 is 5.47. The van der Waals surface area contributed by atoms with Crippen molar-refractivity contribution >= 4 is 0 Å². The number of likely N-dealkylation sites (tertiary alicyclic amines) is 1. The maximum atomic E-state index is 10.1. The summed E-state index contributed by atoms with van der Waals surface area (Å²) in [5.41, 5.74) is 0. The topological polar surface area (TPSA) is 52.9 Å². The van der Waals surface area contributed by atoms with Crippen LogP contribution < -0.4 is 0 Å². The highest BCUT2D eigenvalue weighted by Crippen LogP contribution is 2.35. The lowest BCUT2D eigenvalue weighted by Gasteiger charge is -2.32. The molecule has 0 aromatic rings. The van der Waals surface area contributed by atoms with Gasteiger partial charge < -0.3 is 14.9 Å². The molecule has 2 N–H and O–H groups in total. The van der Waals surface area contributed by atoms with Crippen LogP contribution in [-0.2, 0) is 4.74 Å². The largest absolute Gasteiger partial charge is 0.393 e. The standard InChI is InChI=1S/C15H29NO3/c1-11(2)19-10-12(17)9-16-8-4-6-14(16)13-5-3-7-15(13)18/h11-15,17-18H,3-10H2,1-2H3. The predicted molar refractivity (Wildman–Crippen MR) is 75.0 cm³/mol. The monoisotopic (exact) mass is 271 g/mol. The Morgan fingerprint density at radius 2 is 2.00 bits per heavy atom. The van der Waals surface area contributed by atoms with Crippen LogP contribution in [0.5, 0.6) is 0 Å². The fraction of sp³-hybridized carbons (Fsp3) is 1.00. The zero-order valence-corrected chi connectivity index (χ0v) is 12.3. The van der Waals surface area contributed by atoms with Crippen LogP contribution in [0.2, 0.25) is 0 Å². The van der Waals surface area contributed by atoms with Gasteiger partial charge >= 0.3 is 0 Å². The van der Waals surface area contributed by atoms with Crippen LogP contribution in [0.25, 0.3) is 0 Å². The zero-order chi connectivity index (χ0) is 13.8. The van der Waals surface area contributed by atoms with Crippen molar-refractivity contribution in [3.8, 4) is 0 Å². The minimum Gasteiger partial charge on any atom is -0.393 e. The fourth-order valence-electron chi connectivity index (χ4n) is 3.61. The molecule has 1 saturated carbocycles. The molecule has 0 bridgehead atoms. The van der Waals surface area contributed by atoms with E-state index >= 15 is 0 Å². The molecule has 2 aliphatic rings. The third kappa shape index (κ3) is 4.15. The average molecular weight is 271 g/mol. The Balaban J connectivity index is 1.81. The number of aliphatic hydroxyl groups is 2. The van der Waals surface area contributed by atoms with E-state index in [1.54, 1.807) is 0 Å². The molecule has 0 aromatic heterocycles. The van der Waals surface area contributed by atoms with Crippen LogP contribution in [0.3, 0.4) is 0 Å². The summed E-state index contributed by atoms with van der Waals surface area (Å²) in [6.07, 6.45) is 5.21. The molecule has 2 fully saturated rings. The van der Waals surface area contributed by atoms with Crippen molar-refractivity contribution in [2.24, 2.45) is 5.92 Å². The minimum absolute atomic E-state index is 0.130. The van der Waals surface area contributed by atoms with Gasteiger partial charge in [0.05, 0.1) is 24.9 Å². The van der Waals surface area contributed by atoms with E-state index in [0.717, 1.165) is 25.8 Å². The lowest BCUT2D eigenvalue weighted by Crippen LogP contribution is -2.43. The van der Waals surface area contributed by atoms with E-state index in [1.807, 2.05) is 13.8 Å². The highest BCUT2D eigenvalue weighted by Gasteiger charge is 2.38. The number of aliphatic hydroxyl groups excluding tert-OH is 2. The van der Waals surface area contributed by atoms with E-state index in [2.05, 4.69) is 4.90 Å². The molecule has 19 heavy (non-hydrogen) atoms.